The summed E-state index contributed by atoms with van der Waals surface area (Å²) in [6, 6.07) is 15.5. The first kappa shape index (κ1) is 27.0. The van der Waals surface area contributed by atoms with E-state index in [2.05, 4.69) is 15.6 Å². The molecule has 0 radical (unpaired) electrons. The quantitative estimate of drug-likeness (QED) is 0.246. The lowest BCUT2D eigenvalue weighted by atomic mass is 10.1. The van der Waals surface area contributed by atoms with Crippen molar-refractivity contribution in [1.29, 1.82) is 0 Å². The Hall–Kier alpha value is -5.06. The number of rotatable bonds is 9. The summed E-state index contributed by atoms with van der Waals surface area (Å²) in [6.07, 6.45) is 0. The van der Waals surface area contributed by atoms with E-state index in [1.54, 1.807) is 38.3 Å². The van der Waals surface area contributed by atoms with Crippen LogP contribution in [0.4, 0.5) is 4.39 Å². The maximum Gasteiger partial charge on any atom is 0.281 e. The molecule has 0 bridgehead atoms. The molecule has 1 aromatic heterocycles. The van der Waals surface area contributed by atoms with Gasteiger partial charge in [-0.2, -0.15) is 5.10 Å². The Balaban J connectivity index is 1.75. The minimum atomic E-state index is -0.561. The Morgan fingerprint density at radius 1 is 0.897 bits per heavy atom. The second-order valence-electron chi connectivity index (χ2n) is 8.26. The number of H-pyrrole nitrogens is 1. The van der Waals surface area contributed by atoms with Crippen molar-refractivity contribution in [3.05, 3.63) is 88.0 Å². The van der Waals surface area contributed by atoms with Crippen molar-refractivity contribution in [2.24, 2.45) is 5.10 Å². The minimum absolute atomic E-state index is 0.203. The summed E-state index contributed by atoms with van der Waals surface area (Å²) in [6.45, 7) is 1.60. The zero-order valence-corrected chi connectivity index (χ0v) is 22.0. The number of halogens is 1. The van der Waals surface area contributed by atoms with Crippen LogP contribution < -0.4 is 29.9 Å². The van der Waals surface area contributed by atoms with E-state index in [0.29, 0.717) is 39.9 Å². The molecule has 0 fully saturated rings. The first-order valence-corrected chi connectivity index (χ1v) is 11.7. The first-order chi connectivity index (χ1) is 18.8. The van der Waals surface area contributed by atoms with Gasteiger partial charge in [0.1, 0.15) is 11.6 Å². The summed E-state index contributed by atoms with van der Waals surface area (Å²) in [7, 11) is 5.91. The average molecular weight is 535 g/mol. The fourth-order valence-corrected chi connectivity index (χ4v) is 3.98. The lowest BCUT2D eigenvalue weighted by molar-refractivity contribution is 0.0954. The van der Waals surface area contributed by atoms with E-state index in [4.69, 9.17) is 18.9 Å². The fraction of sp³-hybridized carbons (Fsp3) is 0.179. The third-order valence-corrected chi connectivity index (χ3v) is 5.97. The molecule has 0 unspecified atom stereocenters. The lowest BCUT2D eigenvalue weighted by Crippen LogP contribution is -2.23. The van der Waals surface area contributed by atoms with Crippen LogP contribution in [0.3, 0.4) is 0 Å². The van der Waals surface area contributed by atoms with E-state index < -0.39 is 17.3 Å². The molecule has 39 heavy (non-hydrogen) atoms. The molecule has 1 heterocycles. The smallest absolute Gasteiger partial charge is 0.281 e. The topological polar surface area (TPSA) is 116 Å². The van der Waals surface area contributed by atoms with Gasteiger partial charge in [0.25, 0.3) is 11.5 Å². The number of nitrogens with one attached hydrogen (secondary N) is 2. The SMILES string of the molecule is COc1ccc(-c2[nH]n(-c3ccc(F)cc3)c(=O)c2/C(C)=N/NC(=O)c2cc(OC)c(OC)c(OC)c2)cc1. The summed E-state index contributed by atoms with van der Waals surface area (Å²) >= 11 is 0. The predicted molar refractivity (Wildman–Crippen MR) is 144 cm³/mol. The summed E-state index contributed by atoms with van der Waals surface area (Å²) in [5.41, 5.74) is 4.27. The molecule has 2 N–H and O–H groups in total. The van der Waals surface area contributed by atoms with Gasteiger partial charge in [0.15, 0.2) is 11.5 Å². The Morgan fingerprint density at radius 2 is 1.51 bits per heavy atom. The van der Waals surface area contributed by atoms with Gasteiger partial charge in [-0.25, -0.2) is 14.5 Å². The van der Waals surface area contributed by atoms with Crippen LogP contribution in [-0.2, 0) is 0 Å². The molecule has 11 heteroatoms. The summed E-state index contributed by atoms with van der Waals surface area (Å²) < 4.78 is 36.0. The molecule has 1 amide bonds. The van der Waals surface area contributed by atoms with Crippen molar-refractivity contribution in [3.63, 3.8) is 0 Å². The normalized spacial score (nSPS) is 11.2. The lowest BCUT2D eigenvalue weighted by Gasteiger charge is -2.13. The number of benzene rings is 3. The van der Waals surface area contributed by atoms with E-state index in [1.165, 1.54) is 62.4 Å². The molecule has 4 aromatic rings. The number of aromatic nitrogens is 2. The van der Waals surface area contributed by atoms with Crippen molar-refractivity contribution in [3.8, 4) is 39.9 Å². The van der Waals surface area contributed by atoms with Crippen molar-refractivity contribution in [2.45, 2.75) is 6.92 Å². The second-order valence-corrected chi connectivity index (χ2v) is 8.26. The minimum Gasteiger partial charge on any atom is -0.497 e. The molecule has 202 valence electrons. The summed E-state index contributed by atoms with van der Waals surface area (Å²) in [5.74, 6) is 0.600. The highest BCUT2D eigenvalue weighted by Gasteiger charge is 2.21. The van der Waals surface area contributed by atoms with Crippen molar-refractivity contribution < 1.29 is 28.1 Å². The van der Waals surface area contributed by atoms with Crippen LogP contribution in [0.1, 0.15) is 22.8 Å². The van der Waals surface area contributed by atoms with Gasteiger partial charge < -0.3 is 18.9 Å². The van der Waals surface area contributed by atoms with E-state index in [0.717, 1.165) is 0 Å². The second kappa shape index (κ2) is 11.5. The number of amides is 1. The van der Waals surface area contributed by atoms with Crippen LogP contribution in [0.15, 0.2) is 70.6 Å². The number of hydrogen-bond donors (Lipinski definition) is 2. The van der Waals surface area contributed by atoms with Gasteiger partial charge in [0, 0.05) is 11.1 Å². The predicted octanol–water partition coefficient (Wildman–Crippen LogP) is 4.16. The number of aromatic amines is 1. The highest BCUT2D eigenvalue weighted by atomic mass is 19.1. The fourth-order valence-electron chi connectivity index (χ4n) is 3.98. The van der Waals surface area contributed by atoms with E-state index in [-0.39, 0.29) is 16.8 Å². The molecule has 0 aliphatic heterocycles. The van der Waals surface area contributed by atoms with Crippen molar-refractivity contribution in [1.82, 2.24) is 15.2 Å². The molecule has 0 spiro atoms. The number of nitrogens with zero attached hydrogens (tertiary/aromatic N) is 2. The highest BCUT2D eigenvalue weighted by Crippen LogP contribution is 2.38. The third-order valence-electron chi connectivity index (χ3n) is 5.97. The number of carbonyl (C=O) groups is 1. The molecule has 4 rings (SSSR count). The number of hydrazone groups is 1. The number of methoxy groups -OCH3 is 4. The third kappa shape index (κ3) is 5.47. The van der Waals surface area contributed by atoms with Crippen LogP contribution in [0.5, 0.6) is 23.0 Å². The van der Waals surface area contributed by atoms with Gasteiger partial charge in [-0.15, -0.1) is 0 Å². The molecule has 0 aliphatic carbocycles. The van der Waals surface area contributed by atoms with E-state index in [1.807, 2.05) is 0 Å². The van der Waals surface area contributed by atoms with Gasteiger partial charge in [-0.05, 0) is 67.6 Å². The Bertz CT molecular complexity index is 1550. The van der Waals surface area contributed by atoms with E-state index >= 15 is 0 Å². The molecule has 3 aromatic carbocycles. The van der Waals surface area contributed by atoms with Crippen LogP contribution in [-0.4, -0.2) is 49.8 Å². The molecule has 0 atom stereocenters. The summed E-state index contributed by atoms with van der Waals surface area (Å²) in [4.78, 5) is 26.5. The number of hydrogen-bond acceptors (Lipinski definition) is 7. The van der Waals surface area contributed by atoms with Crippen LogP contribution in [0, 0.1) is 5.82 Å². The Morgan fingerprint density at radius 3 is 2.05 bits per heavy atom. The van der Waals surface area contributed by atoms with Crippen LogP contribution in [0.2, 0.25) is 0 Å². The monoisotopic (exact) mass is 534 g/mol. The molecular weight excluding hydrogens is 507 g/mol. The molecule has 0 saturated carbocycles. The van der Waals surface area contributed by atoms with Crippen LogP contribution >= 0.6 is 0 Å². The van der Waals surface area contributed by atoms with Crippen molar-refractivity contribution in [2.75, 3.05) is 28.4 Å². The van der Waals surface area contributed by atoms with E-state index in [9.17, 15) is 14.0 Å². The highest BCUT2D eigenvalue weighted by molar-refractivity contribution is 6.05. The molecule has 0 saturated heterocycles. The zero-order valence-electron chi connectivity index (χ0n) is 22.0. The number of ether oxygens (including phenoxy) is 4. The maximum absolute atomic E-state index is 13.5. The Kier molecular flexibility index (Phi) is 7.99. The average Bonchev–Trinajstić information content (AvgIpc) is 3.32. The van der Waals surface area contributed by atoms with Crippen LogP contribution in [0.25, 0.3) is 16.9 Å². The van der Waals surface area contributed by atoms with Gasteiger partial charge in [0.2, 0.25) is 5.75 Å². The molecular formula is C28H27FN4O6. The number of carbonyl (C=O) groups excluding carboxylic acids is 1. The zero-order chi connectivity index (χ0) is 28.1. The van der Waals surface area contributed by atoms with Gasteiger partial charge in [0.05, 0.1) is 51.1 Å². The van der Waals surface area contributed by atoms with Gasteiger partial charge >= 0.3 is 0 Å². The van der Waals surface area contributed by atoms with Gasteiger partial charge in [-0.3, -0.25) is 14.7 Å². The maximum atomic E-state index is 13.5. The molecule has 0 aliphatic rings. The summed E-state index contributed by atoms with van der Waals surface area (Å²) in [5, 5.41) is 7.30. The first-order valence-electron chi connectivity index (χ1n) is 11.7. The standard InChI is InChI=1S/C28H27FN4O6/c1-16(30-31-27(34)18-14-22(37-3)26(39-5)23(15-18)38-4)24-25(17-6-12-21(36-2)13-7-17)32-33(28(24)35)20-10-8-19(29)9-11-20/h6-15,32H,1-5H3,(H,31,34)/b30-16+. The Labute approximate surface area is 223 Å². The molecule has 10 nitrogen and oxygen atoms in total. The van der Waals surface area contributed by atoms with Gasteiger partial charge in [-0.1, -0.05) is 0 Å². The van der Waals surface area contributed by atoms with Crippen molar-refractivity contribution >= 4 is 11.6 Å². The largest absolute Gasteiger partial charge is 0.497 e.